The van der Waals surface area contributed by atoms with Crippen molar-refractivity contribution < 1.29 is 9.21 Å². The summed E-state index contributed by atoms with van der Waals surface area (Å²) in [7, 11) is 0. The Hall–Kier alpha value is -3.66. The average Bonchev–Trinajstić information content (AvgIpc) is 3.66. The molecule has 36 heavy (non-hydrogen) atoms. The summed E-state index contributed by atoms with van der Waals surface area (Å²) in [5.74, 6) is 1.79. The van der Waals surface area contributed by atoms with E-state index in [1.165, 1.54) is 0 Å². The Balaban J connectivity index is 1.26. The first-order valence-corrected chi connectivity index (χ1v) is 12.7. The normalized spacial score (nSPS) is 20.1. The quantitative estimate of drug-likeness (QED) is 0.353. The van der Waals surface area contributed by atoms with Gasteiger partial charge < -0.3 is 20.0 Å². The summed E-state index contributed by atoms with van der Waals surface area (Å²) in [5.41, 5.74) is 1.83. The van der Waals surface area contributed by atoms with Crippen LogP contribution >= 0.6 is 11.6 Å². The van der Waals surface area contributed by atoms with E-state index in [2.05, 4.69) is 25.8 Å². The maximum Gasteiger partial charge on any atom is 0.317 e. The number of carbonyl (C=O) groups excluding carboxylic acids is 1. The lowest BCUT2D eigenvalue weighted by Gasteiger charge is -2.32. The lowest BCUT2D eigenvalue weighted by molar-refractivity contribution is 0.200. The summed E-state index contributed by atoms with van der Waals surface area (Å²) in [5, 5.41) is 15.4. The highest BCUT2D eigenvalue weighted by Crippen LogP contribution is 2.30. The number of urea groups is 1. The van der Waals surface area contributed by atoms with Crippen molar-refractivity contribution in [1.29, 1.82) is 0 Å². The molecule has 1 aliphatic carbocycles. The predicted octanol–water partition coefficient (Wildman–Crippen LogP) is 4.86. The van der Waals surface area contributed by atoms with E-state index in [0.29, 0.717) is 39.5 Å². The average molecular weight is 507 g/mol. The predicted molar refractivity (Wildman–Crippen MR) is 137 cm³/mol. The van der Waals surface area contributed by atoms with Gasteiger partial charge in [-0.2, -0.15) is 5.10 Å². The fourth-order valence-corrected chi connectivity index (χ4v) is 5.23. The summed E-state index contributed by atoms with van der Waals surface area (Å²) in [4.78, 5) is 28.3. The summed E-state index contributed by atoms with van der Waals surface area (Å²) in [6.07, 6.45) is 9.20. The monoisotopic (exact) mass is 506 g/mol. The molecule has 2 fully saturated rings. The molecular formula is C25H27ClN8O2. The van der Waals surface area contributed by atoms with Gasteiger partial charge in [-0.1, -0.05) is 11.6 Å². The first-order chi connectivity index (χ1) is 17.6. The number of amides is 2. The van der Waals surface area contributed by atoms with Crippen LogP contribution in [-0.4, -0.2) is 61.3 Å². The fraction of sp³-hybridized carbons (Fsp3) is 0.400. The molecule has 0 spiro atoms. The molecule has 5 heterocycles. The number of nitrogens with one attached hydrogen (secondary N) is 3. The van der Waals surface area contributed by atoms with Crippen LogP contribution in [0.2, 0.25) is 5.02 Å². The molecule has 11 heteroatoms. The highest BCUT2D eigenvalue weighted by molar-refractivity contribution is 6.31. The summed E-state index contributed by atoms with van der Waals surface area (Å²) >= 11 is 6.19. The zero-order valence-corrected chi connectivity index (χ0v) is 20.5. The molecule has 4 aromatic heterocycles. The van der Waals surface area contributed by atoms with Gasteiger partial charge in [0.1, 0.15) is 17.2 Å². The van der Waals surface area contributed by atoms with Crippen molar-refractivity contribution in [2.75, 3.05) is 18.4 Å². The van der Waals surface area contributed by atoms with Crippen LogP contribution in [-0.2, 0) is 0 Å². The first-order valence-electron chi connectivity index (χ1n) is 12.4. The van der Waals surface area contributed by atoms with E-state index in [4.69, 9.17) is 26.0 Å². The third-order valence-corrected chi connectivity index (χ3v) is 7.05. The molecule has 1 saturated heterocycles. The maximum absolute atomic E-state index is 12.6. The van der Waals surface area contributed by atoms with E-state index < -0.39 is 0 Å². The van der Waals surface area contributed by atoms with Crippen molar-refractivity contribution in [3.8, 4) is 23.0 Å². The number of halogens is 1. The van der Waals surface area contributed by atoms with E-state index in [-0.39, 0.29) is 18.1 Å². The van der Waals surface area contributed by atoms with Gasteiger partial charge in [0.15, 0.2) is 17.2 Å². The molecule has 2 atom stereocenters. The third-order valence-electron chi connectivity index (χ3n) is 6.85. The molecule has 0 bridgehead atoms. The topological polar surface area (TPSA) is 125 Å². The number of hydrogen-bond donors (Lipinski definition) is 3. The second-order valence-corrected chi connectivity index (χ2v) is 9.85. The van der Waals surface area contributed by atoms with Crippen molar-refractivity contribution in [2.45, 2.75) is 50.6 Å². The highest BCUT2D eigenvalue weighted by atomic mass is 35.5. The molecule has 4 aromatic rings. The van der Waals surface area contributed by atoms with Crippen molar-refractivity contribution in [3.05, 3.63) is 41.7 Å². The SMILES string of the molecule is O=C(NC1CCCC(Nc2cc(-c3ccco3)nc(-c3[nH]nc4ncc(Cl)cc34)n2)C1)N1CCCC1. The summed E-state index contributed by atoms with van der Waals surface area (Å²) < 4.78 is 5.62. The molecule has 0 radical (unpaired) electrons. The molecule has 186 valence electrons. The minimum atomic E-state index is 0.0565. The Labute approximate surface area is 212 Å². The Bertz CT molecular complexity index is 1370. The number of fused-ring (bicyclic) bond motifs is 1. The zero-order chi connectivity index (χ0) is 24.5. The number of H-pyrrole nitrogens is 1. The Kier molecular flexibility index (Phi) is 6.18. The van der Waals surface area contributed by atoms with Gasteiger partial charge in [-0.25, -0.2) is 19.7 Å². The van der Waals surface area contributed by atoms with Crippen LogP contribution < -0.4 is 10.6 Å². The summed E-state index contributed by atoms with van der Waals surface area (Å²) in [6, 6.07) is 7.75. The maximum atomic E-state index is 12.6. The van der Waals surface area contributed by atoms with Crippen LogP contribution in [0.4, 0.5) is 10.6 Å². The van der Waals surface area contributed by atoms with Crippen molar-refractivity contribution in [1.82, 2.24) is 35.4 Å². The number of hydrogen-bond acceptors (Lipinski definition) is 7. The second-order valence-electron chi connectivity index (χ2n) is 9.41. The number of anilines is 1. The van der Waals surface area contributed by atoms with Gasteiger partial charge in [-0.3, -0.25) is 5.10 Å². The van der Waals surface area contributed by atoms with Gasteiger partial charge >= 0.3 is 6.03 Å². The van der Waals surface area contributed by atoms with Crippen LogP contribution in [0.3, 0.4) is 0 Å². The van der Waals surface area contributed by atoms with Gasteiger partial charge in [0, 0.05) is 37.4 Å². The zero-order valence-electron chi connectivity index (χ0n) is 19.7. The lowest BCUT2D eigenvalue weighted by atomic mass is 9.91. The third kappa shape index (κ3) is 4.73. The molecule has 10 nitrogen and oxygen atoms in total. The minimum Gasteiger partial charge on any atom is -0.463 e. The van der Waals surface area contributed by atoms with Gasteiger partial charge in [0.25, 0.3) is 0 Å². The van der Waals surface area contributed by atoms with Crippen LogP contribution in [0.5, 0.6) is 0 Å². The van der Waals surface area contributed by atoms with Gasteiger partial charge in [0.2, 0.25) is 0 Å². The van der Waals surface area contributed by atoms with Crippen LogP contribution in [0.25, 0.3) is 34.0 Å². The number of furan rings is 1. The molecule has 2 aliphatic rings. The molecule has 2 amide bonds. The first kappa shape index (κ1) is 22.8. The van der Waals surface area contributed by atoms with Gasteiger partial charge in [-0.15, -0.1) is 0 Å². The Morgan fingerprint density at radius 1 is 1.14 bits per heavy atom. The largest absolute Gasteiger partial charge is 0.463 e. The number of nitrogens with zero attached hydrogens (tertiary/aromatic N) is 5. The van der Waals surface area contributed by atoms with E-state index in [1.54, 1.807) is 18.5 Å². The number of rotatable bonds is 5. The Morgan fingerprint density at radius 2 is 2.00 bits per heavy atom. The number of aromatic amines is 1. The van der Waals surface area contributed by atoms with E-state index in [9.17, 15) is 4.79 Å². The number of likely N-dealkylation sites (tertiary alicyclic amines) is 1. The van der Waals surface area contributed by atoms with Crippen molar-refractivity contribution in [2.24, 2.45) is 0 Å². The Morgan fingerprint density at radius 3 is 2.83 bits per heavy atom. The van der Waals surface area contributed by atoms with E-state index in [1.807, 2.05) is 23.1 Å². The van der Waals surface area contributed by atoms with E-state index >= 15 is 0 Å². The lowest BCUT2D eigenvalue weighted by Crippen LogP contribution is -2.47. The van der Waals surface area contributed by atoms with Crippen molar-refractivity contribution in [3.63, 3.8) is 0 Å². The molecule has 3 N–H and O–H groups in total. The smallest absolute Gasteiger partial charge is 0.317 e. The number of pyridine rings is 1. The summed E-state index contributed by atoms with van der Waals surface area (Å²) in [6.45, 7) is 1.70. The highest BCUT2D eigenvalue weighted by Gasteiger charge is 2.27. The fourth-order valence-electron chi connectivity index (χ4n) is 5.08. The van der Waals surface area contributed by atoms with Crippen LogP contribution in [0.1, 0.15) is 38.5 Å². The minimum absolute atomic E-state index is 0.0565. The van der Waals surface area contributed by atoms with Crippen molar-refractivity contribution >= 4 is 34.5 Å². The van der Waals surface area contributed by atoms with E-state index in [0.717, 1.165) is 57.0 Å². The molecule has 1 saturated carbocycles. The van der Waals surface area contributed by atoms with Crippen LogP contribution in [0.15, 0.2) is 41.1 Å². The second kappa shape index (κ2) is 9.77. The standard InChI is InChI=1S/C25H27ClN8O2/c26-15-11-18-22(32-33-23(18)27-14-15)24-30-19(20-7-4-10-36-20)13-21(31-24)28-16-5-3-6-17(12-16)29-25(35)34-8-1-2-9-34/h4,7,10-11,13-14,16-17H,1-3,5-6,8-9,12H2,(H,29,35)(H,27,32,33)(H,28,30,31). The molecule has 1 aliphatic heterocycles. The van der Waals surface area contributed by atoms with Crippen LogP contribution in [0, 0.1) is 0 Å². The number of carbonyl (C=O) groups is 1. The number of aromatic nitrogens is 5. The molecule has 6 rings (SSSR count). The molecule has 0 aromatic carbocycles. The molecular weight excluding hydrogens is 480 g/mol. The van der Waals surface area contributed by atoms with Gasteiger partial charge in [-0.05, 0) is 56.7 Å². The van der Waals surface area contributed by atoms with Gasteiger partial charge in [0.05, 0.1) is 16.7 Å². The molecule has 2 unspecified atom stereocenters.